The third-order valence-electron chi connectivity index (χ3n) is 2.35. The lowest BCUT2D eigenvalue weighted by Crippen LogP contribution is -2.48. The molecule has 0 aliphatic carbocycles. The molecular formula is C10H18N2O4. The van der Waals surface area contributed by atoms with E-state index in [0.717, 1.165) is 0 Å². The van der Waals surface area contributed by atoms with Crippen LogP contribution in [0, 0.1) is 5.92 Å². The van der Waals surface area contributed by atoms with Gasteiger partial charge in [0.2, 0.25) is 5.91 Å². The number of rotatable bonds is 5. The SMILES string of the molecule is CC(CC(=O)O)CC(=O)NN1CCOCC1. The van der Waals surface area contributed by atoms with Crippen LogP contribution < -0.4 is 5.43 Å². The number of ether oxygens (including phenoxy) is 1. The fraction of sp³-hybridized carbons (Fsp3) is 0.800. The number of nitrogens with zero attached hydrogens (tertiary/aromatic N) is 1. The van der Waals surface area contributed by atoms with Gasteiger partial charge in [-0.2, -0.15) is 0 Å². The first-order valence-corrected chi connectivity index (χ1v) is 5.42. The smallest absolute Gasteiger partial charge is 0.303 e. The molecule has 0 aromatic carbocycles. The van der Waals surface area contributed by atoms with E-state index in [0.29, 0.717) is 26.3 Å². The van der Waals surface area contributed by atoms with Crippen molar-refractivity contribution in [3.63, 3.8) is 0 Å². The van der Waals surface area contributed by atoms with Crippen molar-refractivity contribution in [1.29, 1.82) is 0 Å². The van der Waals surface area contributed by atoms with Crippen LogP contribution in [0.1, 0.15) is 19.8 Å². The summed E-state index contributed by atoms with van der Waals surface area (Å²) in [5, 5.41) is 10.4. The Bertz CT molecular complexity index is 251. The second-order valence-corrected chi connectivity index (χ2v) is 4.04. The van der Waals surface area contributed by atoms with Gasteiger partial charge in [-0.05, 0) is 5.92 Å². The van der Waals surface area contributed by atoms with Crippen LogP contribution in [0.15, 0.2) is 0 Å². The maximum Gasteiger partial charge on any atom is 0.303 e. The molecule has 1 fully saturated rings. The zero-order valence-corrected chi connectivity index (χ0v) is 9.44. The number of carbonyl (C=O) groups is 2. The van der Waals surface area contributed by atoms with Crippen molar-refractivity contribution in [3.8, 4) is 0 Å². The van der Waals surface area contributed by atoms with Crippen molar-refractivity contribution >= 4 is 11.9 Å². The number of hydrazine groups is 1. The molecule has 0 aromatic rings. The predicted molar refractivity (Wildman–Crippen MR) is 56.6 cm³/mol. The summed E-state index contributed by atoms with van der Waals surface area (Å²) in [7, 11) is 0. The van der Waals surface area contributed by atoms with Gasteiger partial charge in [-0.25, -0.2) is 5.01 Å². The zero-order chi connectivity index (χ0) is 12.0. The lowest BCUT2D eigenvalue weighted by atomic mass is 10.0. The molecule has 6 heteroatoms. The Labute approximate surface area is 94.5 Å². The number of aliphatic carboxylic acids is 1. The van der Waals surface area contributed by atoms with Crippen LogP contribution in [0.2, 0.25) is 0 Å². The second-order valence-electron chi connectivity index (χ2n) is 4.04. The molecule has 0 saturated carbocycles. The monoisotopic (exact) mass is 230 g/mol. The molecule has 0 spiro atoms. The average Bonchev–Trinajstić information content (AvgIpc) is 2.17. The molecule has 1 unspecified atom stereocenters. The van der Waals surface area contributed by atoms with Crippen molar-refractivity contribution in [2.75, 3.05) is 26.3 Å². The molecule has 92 valence electrons. The molecule has 1 amide bonds. The summed E-state index contributed by atoms with van der Waals surface area (Å²) >= 11 is 0. The highest BCUT2D eigenvalue weighted by molar-refractivity contribution is 5.76. The van der Waals surface area contributed by atoms with Gasteiger partial charge in [-0.1, -0.05) is 6.92 Å². The Balaban J connectivity index is 2.21. The summed E-state index contributed by atoms with van der Waals surface area (Å²) in [4.78, 5) is 21.9. The molecule has 0 aromatic heterocycles. The van der Waals surface area contributed by atoms with E-state index in [4.69, 9.17) is 9.84 Å². The van der Waals surface area contributed by atoms with E-state index in [-0.39, 0.29) is 24.7 Å². The molecule has 16 heavy (non-hydrogen) atoms. The molecule has 1 aliphatic heterocycles. The van der Waals surface area contributed by atoms with Crippen LogP contribution in [-0.2, 0) is 14.3 Å². The Hall–Kier alpha value is -1.14. The van der Waals surface area contributed by atoms with E-state index in [2.05, 4.69) is 5.43 Å². The first-order valence-electron chi connectivity index (χ1n) is 5.42. The highest BCUT2D eigenvalue weighted by atomic mass is 16.5. The zero-order valence-electron chi connectivity index (χ0n) is 9.44. The van der Waals surface area contributed by atoms with Crippen LogP contribution >= 0.6 is 0 Å². The van der Waals surface area contributed by atoms with Crippen molar-refractivity contribution in [2.45, 2.75) is 19.8 Å². The van der Waals surface area contributed by atoms with Gasteiger partial charge < -0.3 is 9.84 Å². The fourth-order valence-electron chi connectivity index (χ4n) is 1.58. The van der Waals surface area contributed by atoms with Crippen molar-refractivity contribution in [2.24, 2.45) is 5.92 Å². The van der Waals surface area contributed by atoms with Crippen molar-refractivity contribution in [1.82, 2.24) is 10.4 Å². The predicted octanol–water partition coefficient (Wildman–Crippen LogP) is -0.149. The van der Waals surface area contributed by atoms with Gasteiger partial charge in [0, 0.05) is 25.9 Å². The maximum atomic E-state index is 11.5. The number of hydrogen-bond acceptors (Lipinski definition) is 4. The average molecular weight is 230 g/mol. The minimum Gasteiger partial charge on any atom is -0.481 e. The second kappa shape index (κ2) is 6.44. The molecular weight excluding hydrogens is 212 g/mol. The largest absolute Gasteiger partial charge is 0.481 e. The van der Waals surface area contributed by atoms with E-state index in [9.17, 15) is 9.59 Å². The summed E-state index contributed by atoms with van der Waals surface area (Å²) in [6, 6.07) is 0. The molecule has 1 heterocycles. The van der Waals surface area contributed by atoms with Crippen LogP contribution in [0.5, 0.6) is 0 Å². The lowest BCUT2D eigenvalue weighted by molar-refractivity contribution is -0.138. The number of nitrogens with one attached hydrogen (secondary N) is 1. The maximum absolute atomic E-state index is 11.5. The van der Waals surface area contributed by atoms with Gasteiger partial charge in [-0.3, -0.25) is 15.0 Å². The number of carbonyl (C=O) groups excluding carboxylic acids is 1. The number of amides is 1. The molecule has 2 N–H and O–H groups in total. The quantitative estimate of drug-likeness (QED) is 0.686. The minimum atomic E-state index is -0.869. The first kappa shape index (κ1) is 12.9. The third kappa shape index (κ3) is 5.09. The van der Waals surface area contributed by atoms with Crippen LogP contribution in [0.25, 0.3) is 0 Å². The topological polar surface area (TPSA) is 78.9 Å². The molecule has 1 saturated heterocycles. The minimum absolute atomic E-state index is 0.0243. The van der Waals surface area contributed by atoms with Crippen LogP contribution in [-0.4, -0.2) is 48.3 Å². The summed E-state index contributed by atoms with van der Waals surface area (Å²) < 4.78 is 5.14. The molecule has 0 bridgehead atoms. The van der Waals surface area contributed by atoms with E-state index < -0.39 is 5.97 Å². The third-order valence-corrected chi connectivity index (χ3v) is 2.35. The summed E-state index contributed by atoms with van der Waals surface area (Å²) in [6.45, 7) is 4.35. The highest BCUT2D eigenvalue weighted by Crippen LogP contribution is 2.07. The number of carboxylic acids is 1. The van der Waals surface area contributed by atoms with E-state index in [1.165, 1.54) is 0 Å². The van der Waals surface area contributed by atoms with Gasteiger partial charge >= 0.3 is 5.97 Å². The molecule has 1 rings (SSSR count). The summed E-state index contributed by atoms with van der Waals surface area (Å²) in [6.07, 6.45) is 0.264. The van der Waals surface area contributed by atoms with E-state index in [1.807, 2.05) is 0 Å². The molecule has 0 radical (unpaired) electrons. The first-order chi connectivity index (χ1) is 7.58. The van der Waals surface area contributed by atoms with E-state index >= 15 is 0 Å². The molecule has 1 aliphatic rings. The molecule has 1 atom stereocenters. The van der Waals surface area contributed by atoms with Crippen LogP contribution in [0.4, 0.5) is 0 Å². The van der Waals surface area contributed by atoms with Gasteiger partial charge in [-0.15, -0.1) is 0 Å². The van der Waals surface area contributed by atoms with Gasteiger partial charge in [0.05, 0.1) is 13.2 Å². The summed E-state index contributed by atoms with van der Waals surface area (Å²) in [5.74, 6) is -1.14. The number of morpholine rings is 1. The highest BCUT2D eigenvalue weighted by Gasteiger charge is 2.16. The standard InChI is InChI=1S/C10H18N2O4/c1-8(7-10(14)15)6-9(13)11-12-2-4-16-5-3-12/h8H,2-7H2,1H3,(H,11,13)(H,14,15). The Morgan fingerprint density at radius 1 is 1.38 bits per heavy atom. The fourth-order valence-corrected chi connectivity index (χ4v) is 1.58. The lowest BCUT2D eigenvalue weighted by Gasteiger charge is -2.27. The van der Waals surface area contributed by atoms with Gasteiger partial charge in [0.15, 0.2) is 0 Å². The Morgan fingerprint density at radius 3 is 2.56 bits per heavy atom. The normalized spacial score (nSPS) is 19.1. The number of carboxylic acid groups (broad SMARTS) is 1. The molecule has 6 nitrogen and oxygen atoms in total. The Kier molecular flexibility index (Phi) is 5.21. The number of hydrogen-bond donors (Lipinski definition) is 2. The van der Waals surface area contributed by atoms with Crippen molar-refractivity contribution < 1.29 is 19.4 Å². The van der Waals surface area contributed by atoms with Gasteiger partial charge in [0.1, 0.15) is 0 Å². The van der Waals surface area contributed by atoms with Crippen LogP contribution in [0.3, 0.4) is 0 Å². The summed E-state index contributed by atoms with van der Waals surface area (Å²) in [5.41, 5.74) is 2.74. The Morgan fingerprint density at radius 2 is 2.00 bits per heavy atom. The van der Waals surface area contributed by atoms with Crippen molar-refractivity contribution in [3.05, 3.63) is 0 Å². The van der Waals surface area contributed by atoms with E-state index in [1.54, 1.807) is 11.9 Å². The van der Waals surface area contributed by atoms with Gasteiger partial charge in [0.25, 0.3) is 0 Å².